The van der Waals surface area contributed by atoms with E-state index in [1.54, 1.807) is 24.3 Å². The summed E-state index contributed by atoms with van der Waals surface area (Å²) in [6.45, 7) is 0. The van der Waals surface area contributed by atoms with Gasteiger partial charge in [-0.15, -0.1) is 0 Å². The molecule has 0 radical (unpaired) electrons. The number of halogens is 3. The molecule has 7 heteroatoms. The van der Waals surface area contributed by atoms with Crippen molar-refractivity contribution in [2.24, 2.45) is 0 Å². The molecule has 2 N–H and O–H groups in total. The van der Waals surface area contributed by atoms with Gasteiger partial charge in [-0.05, 0) is 23.8 Å². The highest BCUT2D eigenvalue weighted by molar-refractivity contribution is 5.40. The number of benzene rings is 1. The van der Waals surface area contributed by atoms with Gasteiger partial charge in [-0.2, -0.15) is 23.4 Å². The molecule has 0 fully saturated rings. The SMILES string of the molecule is N#CCc1ccc(Oc2cc(C(F)(F)F)cc(N)n2)cc1. The van der Waals surface area contributed by atoms with Gasteiger partial charge in [0.2, 0.25) is 5.88 Å². The highest BCUT2D eigenvalue weighted by Gasteiger charge is 2.31. The molecule has 4 nitrogen and oxygen atoms in total. The van der Waals surface area contributed by atoms with Crippen molar-refractivity contribution < 1.29 is 17.9 Å². The van der Waals surface area contributed by atoms with E-state index in [0.29, 0.717) is 5.75 Å². The van der Waals surface area contributed by atoms with Gasteiger partial charge in [-0.25, -0.2) is 0 Å². The Balaban J connectivity index is 2.23. The molecule has 0 amide bonds. The number of ether oxygens (including phenoxy) is 1. The van der Waals surface area contributed by atoms with Crippen LogP contribution in [-0.4, -0.2) is 4.98 Å². The van der Waals surface area contributed by atoms with Gasteiger partial charge in [0.05, 0.1) is 18.1 Å². The number of pyridine rings is 1. The maximum atomic E-state index is 12.7. The summed E-state index contributed by atoms with van der Waals surface area (Å²) in [5, 5.41) is 8.55. The van der Waals surface area contributed by atoms with Crippen molar-refractivity contribution in [3.05, 3.63) is 47.5 Å². The van der Waals surface area contributed by atoms with E-state index in [-0.39, 0.29) is 18.1 Å². The van der Waals surface area contributed by atoms with Gasteiger partial charge >= 0.3 is 6.18 Å². The first-order valence-electron chi connectivity index (χ1n) is 5.87. The minimum Gasteiger partial charge on any atom is -0.439 e. The van der Waals surface area contributed by atoms with E-state index in [4.69, 9.17) is 15.7 Å². The topological polar surface area (TPSA) is 71.9 Å². The zero-order valence-electron chi connectivity index (χ0n) is 10.7. The average Bonchev–Trinajstić information content (AvgIpc) is 2.40. The molecule has 1 aromatic carbocycles. The number of anilines is 1. The molecule has 0 unspecified atom stereocenters. The molecule has 0 atom stereocenters. The number of hydrogen-bond acceptors (Lipinski definition) is 4. The minimum atomic E-state index is -4.52. The number of aromatic nitrogens is 1. The van der Waals surface area contributed by atoms with Gasteiger partial charge in [0.1, 0.15) is 11.6 Å². The molecule has 0 aliphatic rings. The third-order valence-electron chi connectivity index (χ3n) is 2.58. The van der Waals surface area contributed by atoms with Gasteiger partial charge < -0.3 is 10.5 Å². The molecule has 0 saturated heterocycles. The lowest BCUT2D eigenvalue weighted by molar-refractivity contribution is -0.137. The second-order valence-corrected chi connectivity index (χ2v) is 4.20. The molecule has 0 saturated carbocycles. The van der Waals surface area contributed by atoms with Crippen LogP contribution in [0.1, 0.15) is 11.1 Å². The van der Waals surface area contributed by atoms with Crippen LogP contribution in [0.2, 0.25) is 0 Å². The summed E-state index contributed by atoms with van der Waals surface area (Å²) >= 11 is 0. The molecular weight excluding hydrogens is 283 g/mol. The van der Waals surface area contributed by atoms with Crippen LogP contribution in [0.25, 0.3) is 0 Å². The number of alkyl halides is 3. The van der Waals surface area contributed by atoms with E-state index in [2.05, 4.69) is 4.98 Å². The fraction of sp³-hybridized carbons (Fsp3) is 0.143. The van der Waals surface area contributed by atoms with Crippen LogP contribution < -0.4 is 10.5 Å². The maximum Gasteiger partial charge on any atom is 0.416 e. The first-order chi connectivity index (χ1) is 9.88. The fourth-order valence-corrected chi connectivity index (χ4v) is 1.63. The Morgan fingerprint density at radius 3 is 2.43 bits per heavy atom. The predicted molar refractivity (Wildman–Crippen MR) is 69.5 cm³/mol. The molecule has 2 rings (SSSR count). The summed E-state index contributed by atoms with van der Waals surface area (Å²) in [5.74, 6) is -0.209. The second-order valence-electron chi connectivity index (χ2n) is 4.20. The lowest BCUT2D eigenvalue weighted by Gasteiger charge is -2.10. The van der Waals surface area contributed by atoms with Crippen LogP contribution in [0.15, 0.2) is 36.4 Å². The Morgan fingerprint density at radius 2 is 1.86 bits per heavy atom. The maximum absolute atomic E-state index is 12.7. The summed E-state index contributed by atoms with van der Waals surface area (Å²) in [6, 6.07) is 9.90. The van der Waals surface area contributed by atoms with Crippen molar-refractivity contribution in [1.29, 1.82) is 5.26 Å². The lowest BCUT2D eigenvalue weighted by Crippen LogP contribution is -2.07. The average molecular weight is 293 g/mol. The largest absolute Gasteiger partial charge is 0.439 e. The molecule has 21 heavy (non-hydrogen) atoms. The summed E-state index contributed by atoms with van der Waals surface area (Å²) in [7, 11) is 0. The van der Waals surface area contributed by atoms with Gasteiger partial charge in [-0.1, -0.05) is 12.1 Å². The molecule has 108 valence electrons. The molecule has 0 spiro atoms. The first kappa shape index (κ1) is 14.7. The Bertz CT molecular complexity index is 675. The van der Waals surface area contributed by atoms with Crippen molar-refractivity contribution in [2.45, 2.75) is 12.6 Å². The van der Waals surface area contributed by atoms with Crippen LogP contribution in [0.3, 0.4) is 0 Å². The molecule has 2 aromatic rings. The van der Waals surface area contributed by atoms with Crippen molar-refractivity contribution in [2.75, 3.05) is 5.73 Å². The highest BCUT2D eigenvalue weighted by atomic mass is 19.4. The molecule has 0 aliphatic carbocycles. The number of nitrogens with zero attached hydrogens (tertiary/aromatic N) is 2. The van der Waals surface area contributed by atoms with Crippen LogP contribution in [-0.2, 0) is 12.6 Å². The summed E-state index contributed by atoms with van der Waals surface area (Å²) in [6.07, 6.45) is -4.28. The van der Waals surface area contributed by atoms with Crippen LogP contribution in [0.4, 0.5) is 19.0 Å². The van der Waals surface area contributed by atoms with E-state index in [1.165, 1.54) is 0 Å². The van der Waals surface area contributed by atoms with Gasteiger partial charge in [0.15, 0.2) is 0 Å². The number of nitriles is 1. The Morgan fingerprint density at radius 1 is 1.19 bits per heavy atom. The predicted octanol–water partition coefficient (Wildman–Crippen LogP) is 3.54. The van der Waals surface area contributed by atoms with Crippen LogP contribution in [0, 0.1) is 11.3 Å². The van der Waals surface area contributed by atoms with E-state index >= 15 is 0 Å². The van der Waals surface area contributed by atoms with Gasteiger partial charge in [-0.3, -0.25) is 0 Å². The second kappa shape index (κ2) is 5.71. The Hall–Kier alpha value is -2.75. The first-order valence-corrected chi connectivity index (χ1v) is 5.87. The van der Waals surface area contributed by atoms with E-state index in [0.717, 1.165) is 17.7 Å². The molecular formula is C14H10F3N3O. The Labute approximate surface area is 118 Å². The molecule has 0 aliphatic heterocycles. The van der Waals surface area contributed by atoms with Gasteiger partial charge in [0, 0.05) is 6.07 Å². The van der Waals surface area contributed by atoms with E-state index in [9.17, 15) is 13.2 Å². The van der Waals surface area contributed by atoms with Crippen LogP contribution in [0.5, 0.6) is 11.6 Å². The molecule has 1 aromatic heterocycles. The number of nitrogen functional groups attached to an aromatic ring is 1. The van der Waals surface area contributed by atoms with Crippen LogP contribution >= 0.6 is 0 Å². The van der Waals surface area contributed by atoms with Crippen molar-refractivity contribution in [1.82, 2.24) is 4.98 Å². The monoisotopic (exact) mass is 293 g/mol. The van der Waals surface area contributed by atoms with E-state index in [1.807, 2.05) is 6.07 Å². The van der Waals surface area contributed by atoms with Gasteiger partial charge in [0.25, 0.3) is 0 Å². The quantitative estimate of drug-likeness (QED) is 0.939. The fourth-order valence-electron chi connectivity index (χ4n) is 1.63. The van der Waals surface area contributed by atoms with Crippen molar-refractivity contribution >= 4 is 5.82 Å². The smallest absolute Gasteiger partial charge is 0.416 e. The molecule has 1 heterocycles. The standard InChI is InChI=1S/C14H10F3N3O/c15-14(16,17)10-7-12(19)20-13(8-10)21-11-3-1-9(2-4-11)5-6-18/h1-4,7-8H,5H2,(H2,19,20). The zero-order chi connectivity index (χ0) is 15.5. The summed E-state index contributed by atoms with van der Waals surface area (Å²) in [4.78, 5) is 3.70. The van der Waals surface area contributed by atoms with Crippen molar-refractivity contribution in [3.63, 3.8) is 0 Å². The number of rotatable bonds is 3. The number of nitrogens with two attached hydrogens (primary N) is 1. The lowest BCUT2D eigenvalue weighted by atomic mass is 10.2. The third-order valence-corrected chi connectivity index (χ3v) is 2.58. The van der Waals surface area contributed by atoms with Crippen molar-refractivity contribution in [3.8, 4) is 17.7 Å². The summed E-state index contributed by atoms with van der Waals surface area (Å²) in [5.41, 5.74) is 5.20. The summed E-state index contributed by atoms with van der Waals surface area (Å²) < 4.78 is 43.2. The van der Waals surface area contributed by atoms with E-state index < -0.39 is 11.7 Å². The number of hydrogen-bond donors (Lipinski definition) is 1. The normalized spacial score (nSPS) is 11.0. The molecule has 0 bridgehead atoms. The Kier molecular flexibility index (Phi) is 3.98. The highest BCUT2D eigenvalue weighted by Crippen LogP contribution is 2.33. The zero-order valence-corrected chi connectivity index (χ0v) is 10.7. The minimum absolute atomic E-state index is 0.240. The third kappa shape index (κ3) is 3.86.